The number of rotatable bonds is 5. The first-order valence-electron chi connectivity index (χ1n) is 9.72. The number of carbonyl (C=O) groups excluding carboxylic acids is 1. The lowest BCUT2D eigenvalue weighted by Gasteiger charge is -2.59. The normalized spacial score (nSPS) is 25.0. The number of amides is 1. The predicted molar refractivity (Wildman–Crippen MR) is 107 cm³/mol. The predicted octanol–water partition coefficient (Wildman–Crippen LogP) is 3.03. The molecule has 4 nitrogen and oxygen atoms in total. The number of hydrogen-bond donors (Lipinski definition) is 1. The molecule has 0 unspecified atom stereocenters. The van der Waals surface area contributed by atoms with E-state index in [-0.39, 0.29) is 36.3 Å². The van der Waals surface area contributed by atoms with Crippen LogP contribution in [-0.2, 0) is 11.3 Å². The van der Waals surface area contributed by atoms with Crippen molar-refractivity contribution in [2.45, 2.75) is 31.5 Å². The molecule has 146 valence electrons. The molecule has 0 bridgehead atoms. The molecule has 5 heteroatoms. The van der Waals surface area contributed by atoms with Gasteiger partial charge in [0.15, 0.2) is 0 Å². The van der Waals surface area contributed by atoms with Crippen LogP contribution in [0.2, 0.25) is 0 Å². The number of halogens is 1. The second-order valence-corrected chi connectivity index (χ2v) is 7.61. The van der Waals surface area contributed by atoms with Gasteiger partial charge in [0, 0.05) is 19.0 Å². The maximum atomic E-state index is 13.1. The van der Waals surface area contributed by atoms with Gasteiger partial charge in [-0.25, -0.2) is 4.39 Å². The van der Waals surface area contributed by atoms with Crippen LogP contribution in [0.25, 0.3) is 6.08 Å². The quantitative estimate of drug-likeness (QED) is 0.867. The number of fused-ring (bicyclic) bond motifs is 1. The van der Waals surface area contributed by atoms with Gasteiger partial charge in [-0.05, 0) is 35.7 Å². The van der Waals surface area contributed by atoms with Crippen LogP contribution in [0.1, 0.15) is 29.5 Å². The van der Waals surface area contributed by atoms with Gasteiger partial charge < -0.3 is 10.0 Å². The van der Waals surface area contributed by atoms with Gasteiger partial charge >= 0.3 is 0 Å². The van der Waals surface area contributed by atoms with Crippen molar-refractivity contribution in [3.63, 3.8) is 0 Å². The molecular formula is C23H25FN2O2. The average Bonchev–Trinajstić information content (AvgIpc) is 2.67. The van der Waals surface area contributed by atoms with Gasteiger partial charge in [0.05, 0.1) is 25.2 Å². The molecule has 2 aliphatic rings. The second-order valence-electron chi connectivity index (χ2n) is 7.61. The Bertz CT molecular complexity index is 863. The molecule has 28 heavy (non-hydrogen) atoms. The summed E-state index contributed by atoms with van der Waals surface area (Å²) in [7, 11) is 0. The minimum absolute atomic E-state index is 0.0263. The van der Waals surface area contributed by atoms with E-state index in [2.05, 4.69) is 35.2 Å². The van der Waals surface area contributed by atoms with Gasteiger partial charge in [-0.1, -0.05) is 48.6 Å². The Morgan fingerprint density at radius 3 is 2.50 bits per heavy atom. The van der Waals surface area contributed by atoms with Crippen LogP contribution in [0.5, 0.6) is 0 Å². The molecule has 2 saturated heterocycles. The summed E-state index contributed by atoms with van der Waals surface area (Å²) in [5.41, 5.74) is 3.29. The van der Waals surface area contributed by atoms with Gasteiger partial charge in [-0.2, -0.15) is 0 Å². The number of nitrogens with zero attached hydrogens (tertiary/aromatic N) is 2. The largest absolute Gasteiger partial charge is 0.394 e. The Hall–Kier alpha value is -2.50. The third-order valence-electron chi connectivity index (χ3n) is 5.82. The number of aliphatic hydroxyl groups is 1. The summed E-state index contributed by atoms with van der Waals surface area (Å²) in [6.45, 7) is 3.66. The van der Waals surface area contributed by atoms with Crippen LogP contribution in [-0.4, -0.2) is 52.6 Å². The summed E-state index contributed by atoms with van der Waals surface area (Å²) in [5, 5.41) is 9.89. The van der Waals surface area contributed by atoms with Crippen LogP contribution in [0.3, 0.4) is 0 Å². The number of piperazine rings is 1. The lowest BCUT2D eigenvalue weighted by molar-refractivity contribution is -0.162. The average molecular weight is 380 g/mol. The molecule has 0 aromatic heterocycles. The number of allylic oxidation sites excluding steroid dienone is 1. The Kier molecular flexibility index (Phi) is 5.29. The highest BCUT2D eigenvalue weighted by Gasteiger charge is 2.53. The molecule has 2 aliphatic heterocycles. The van der Waals surface area contributed by atoms with Crippen molar-refractivity contribution in [1.82, 2.24) is 9.80 Å². The molecule has 2 aromatic rings. The van der Waals surface area contributed by atoms with Crippen molar-refractivity contribution in [1.29, 1.82) is 0 Å². The van der Waals surface area contributed by atoms with E-state index in [1.165, 1.54) is 12.1 Å². The van der Waals surface area contributed by atoms with E-state index in [1.807, 2.05) is 17.9 Å². The Labute approximate surface area is 164 Å². The summed E-state index contributed by atoms with van der Waals surface area (Å²) < 4.78 is 13.1. The van der Waals surface area contributed by atoms with Crippen LogP contribution in [0.15, 0.2) is 54.6 Å². The molecule has 4 rings (SSSR count). The van der Waals surface area contributed by atoms with E-state index in [1.54, 1.807) is 12.1 Å². The molecule has 0 spiro atoms. The maximum Gasteiger partial charge on any atom is 0.237 e. The zero-order valence-corrected chi connectivity index (χ0v) is 16.0. The van der Waals surface area contributed by atoms with Crippen molar-refractivity contribution >= 4 is 12.0 Å². The van der Waals surface area contributed by atoms with Crippen molar-refractivity contribution in [3.05, 3.63) is 77.1 Å². The molecule has 2 heterocycles. The van der Waals surface area contributed by atoms with E-state index < -0.39 is 0 Å². The zero-order valence-electron chi connectivity index (χ0n) is 16.0. The molecule has 2 fully saturated rings. The summed E-state index contributed by atoms with van der Waals surface area (Å²) in [6, 6.07) is 14.7. The van der Waals surface area contributed by atoms with Crippen LogP contribution >= 0.6 is 0 Å². The third kappa shape index (κ3) is 3.48. The minimum Gasteiger partial charge on any atom is -0.394 e. The van der Waals surface area contributed by atoms with E-state index in [0.717, 1.165) is 23.2 Å². The smallest absolute Gasteiger partial charge is 0.237 e. The number of benzene rings is 2. The van der Waals surface area contributed by atoms with Gasteiger partial charge in [-0.3, -0.25) is 9.69 Å². The zero-order chi connectivity index (χ0) is 19.7. The van der Waals surface area contributed by atoms with E-state index in [0.29, 0.717) is 13.1 Å². The van der Waals surface area contributed by atoms with Gasteiger partial charge in [0.25, 0.3) is 0 Å². The molecule has 1 N–H and O–H groups in total. The monoisotopic (exact) mass is 380 g/mol. The highest BCUT2D eigenvalue weighted by molar-refractivity contribution is 5.81. The minimum atomic E-state index is -0.254. The van der Waals surface area contributed by atoms with E-state index in [4.69, 9.17) is 0 Å². The lowest BCUT2D eigenvalue weighted by Crippen LogP contribution is -2.72. The molecule has 2 aromatic carbocycles. The summed E-state index contributed by atoms with van der Waals surface area (Å²) in [4.78, 5) is 16.7. The van der Waals surface area contributed by atoms with Crippen LogP contribution in [0, 0.1) is 5.82 Å². The summed E-state index contributed by atoms with van der Waals surface area (Å²) >= 11 is 0. The topological polar surface area (TPSA) is 43.8 Å². The lowest BCUT2D eigenvalue weighted by atomic mass is 9.73. The highest BCUT2D eigenvalue weighted by Crippen LogP contribution is 2.43. The van der Waals surface area contributed by atoms with Crippen LogP contribution in [0.4, 0.5) is 4.39 Å². The summed E-state index contributed by atoms with van der Waals surface area (Å²) in [5.74, 6) is -0.0697. The van der Waals surface area contributed by atoms with Crippen molar-refractivity contribution < 1.29 is 14.3 Å². The van der Waals surface area contributed by atoms with Crippen molar-refractivity contribution in [2.24, 2.45) is 0 Å². The molecular weight excluding hydrogens is 355 g/mol. The third-order valence-corrected chi connectivity index (χ3v) is 5.82. The second kappa shape index (κ2) is 7.86. The first-order chi connectivity index (χ1) is 13.6. The number of carbonyl (C=O) groups is 1. The first-order valence-corrected chi connectivity index (χ1v) is 9.72. The van der Waals surface area contributed by atoms with Gasteiger partial charge in [0.1, 0.15) is 5.82 Å². The van der Waals surface area contributed by atoms with E-state index >= 15 is 0 Å². The van der Waals surface area contributed by atoms with Crippen molar-refractivity contribution in [2.75, 3.05) is 19.7 Å². The fourth-order valence-corrected chi connectivity index (χ4v) is 4.56. The Morgan fingerprint density at radius 2 is 1.86 bits per heavy atom. The molecule has 1 amide bonds. The molecule has 3 atom stereocenters. The fraction of sp³-hybridized carbons (Fsp3) is 0.348. The van der Waals surface area contributed by atoms with Crippen LogP contribution < -0.4 is 0 Å². The molecule has 0 radical (unpaired) electrons. The molecule has 0 aliphatic carbocycles. The Balaban J connectivity index is 1.52. The maximum absolute atomic E-state index is 13.1. The highest BCUT2D eigenvalue weighted by atomic mass is 19.1. The van der Waals surface area contributed by atoms with Crippen molar-refractivity contribution in [3.8, 4) is 0 Å². The first kappa shape index (κ1) is 18.8. The standard InChI is InChI=1S/C23H25FN2O2/c1-2-3-16-4-8-18(9-5-16)23-20-13-25(12-17-6-10-19(24)11-7-17)14-22(28)26(20)21(23)15-27/h2-11,20-21,23,27H,12-15H2,1H3/b3-2+/t20-,21-,23-/m0/s1. The SMILES string of the molecule is C/C=C/c1ccc([C@@H]2[C@H](CO)N3C(=O)CN(Cc4ccc(F)cc4)C[C@@H]23)cc1. The summed E-state index contributed by atoms with van der Waals surface area (Å²) in [6.07, 6.45) is 4.05. The Morgan fingerprint density at radius 1 is 1.14 bits per heavy atom. The molecule has 0 saturated carbocycles. The fourth-order valence-electron chi connectivity index (χ4n) is 4.56. The van der Waals surface area contributed by atoms with Gasteiger partial charge in [0.2, 0.25) is 5.91 Å². The number of hydrogen-bond acceptors (Lipinski definition) is 3. The number of aliphatic hydroxyl groups excluding tert-OH is 1. The van der Waals surface area contributed by atoms with Gasteiger partial charge in [-0.15, -0.1) is 0 Å². The van der Waals surface area contributed by atoms with E-state index in [9.17, 15) is 14.3 Å².